The highest BCUT2D eigenvalue weighted by molar-refractivity contribution is 5.64. The van der Waals surface area contributed by atoms with E-state index in [1.54, 1.807) is 7.11 Å². The average Bonchev–Trinajstić information content (AvgIpc) is 3.23. The first-order valence-electron chi connectivity index (χ1n) is 9.49. The summed E-state index contributed by atoms with van der Waals surface area (Å²) in [5, 5.41) is 10.9. The number of nitrogens with one attached hydrogen (secondary N) is 2. The van der Waals surface area contributed by atoms with Gasteiger partial charge in [-0.3, -0.25) is 5.10 Å². The second kappa shape index (κ2) is 8.86. The summed E-state index contributed by atoms with van der Waals surface area (Å²) >= 11 is 0. The minimum atomic E-state index is 0.709. The second-order valence-corrected chi connectivity index (χ2v) is 6.69. The Bertz CT molecular complexity index is 905. The fourth-order valence-electron chi connectivity index (χ4n) is 3.43. The molecule has 4 rings (SSSR count). The average molecular weight is 379 g/mol. The Kier molecular flexibility index (Phi) is 5.84. The van der Waals surface area contributed by atoms with Crippen LogP contribution in [0, 0.1) is 0 Å². The fraction of sp³-hybridized carbons (Fsp3) is 0.333. The van der Waals surface area contributed by atoms with Crippen LogP contribution in [0.5, 0.6) is 5.75 Å². The standard InChI is InChI=1S/C21H25N5O2/c1-27-19-6-2-4-16(12-19)20-18(15-24-25-20)14-22-13-17-5-3-7-23-21(17)26-8-10-28-11-9-26/h2-7,12,15,22H,8-11,13-14H2,1H3,(H,24,25). The zero-order chi connectivity index (χ0) is 19.2. The Labute approximate surface area is 164 Å². The third-order valence-corrected chi connectivity index (χ3v) is 4.89. The van der Waals surface area contributed by atoms with Crippen molar-refractivity contribution in [2.45, 2.75) is 13.1 Å². The zero-order valence-electron chi connectivity index (χ0n) is 16.0. The van der Waals surface area contributed by atoms with Crippen LogP contribution in [0.1, 0.15) is 11.1 Å². The molecule has 0 spiro atoms. The molecule has 0 amide bonds. The van der Waals surface area contributed by atoms with Gasteiger partial charge in [0.15, 0.2) is 0 Å². The Morgan fingerprint density at radius 1 is 1.14 bits per heavy atom. The van der Waals surface area contributed by atoms with E-state index in [2.05, 4.69) is 37.5 Å². The number of benzene rings is 1. The highest BCUT2D eigenvalue weighted by Gasteiger charge is 2.16. The predicted molar refractivity (Wildman–Crippen MR) is 108 cm³/mol. The van der Waals surface area contributed by atoms with Gasteiger partial charge in [-0.15, -0.1) is 0 Å². The van der Waals surface area contributed by atoms with Gasteiger partial charge >= 0.3 is 0 Å². The third-order valence-electron chi connectivity index (χ3n) is 4.89. The lowest BCUT2D eigenvalue weighted by Crippen LogP contribution is -2.37. The number of morpholine rings is 1. The molecule has 7 heteroatoms. The quantitative estimate of drug-likeness (QED) is 0.657. The number of hydrogen-bond acceptors (Lipinski definition) is 6. The third kappa shape index (κ3) is 4.16. The molecule has 0 unspecified atom stereocenters. The van der Waals surface area contributed by atoms with Crippen LogP contribution in [0.3, 0.4) is 0 Å². The van der Waals surface area contributed by atoms with Gasteiger partial charge in [-0.25, -0.2) is 4.98 Å². The van der Waals surface area contributed by atoms with Gasteiger partial charge in [0.1, 0.15) is 11.6 Å². The predicted octanol–water partition coefficient (Wildman–Crippen LogP) is 2.61. The molecule has 2 aromatic heterocycles. The molecule has 1 aromatic carbocycles. The summed E-state index contributed by atoms with van der Waals surface area (Å²) in [5.41, 5.74) is 4.37. The van der Waals surface area contributed by atoms with Crippen LogP contribution in [0.4, 0.5) is 5.82 Å². The smallest absolute Gasteiger partial charge is 0.133 e. The van der Waals surface area contributed by atoms with Crippen molar-refractivity contribution in [1.82, 2.24) is 20.5 Å². The molecule has 2 N–H and O–H groups in total. The first-order valence-corrected chi connectivity index (χ1v) is 9.49. The number of anilines is 1. The first-order chi connectivity index (χ1) is 13.8. The minimum Gasteiger partial charge on any atom is -0.497 e. The molecule has 0 bridgehead atoms. The molecule has 3 aromatic rings. The van der Waals surface area contributed by atoms with Gasteiger partial charge in [-0.2, -0.15) is 5.10 Å². The molecule has 1 fully saturated rings. The molecule has 0 aliphatic carbocycles. The summed E-state index contributed by atoms with van der Waals surface area (Å²) in [7, 11) is 1.68. The van der Waals surface area contributed by atoms with Crippen molar-refractivity contribution in [2.24, 2.45) is 0 Å². The van der Waals surface area contributed by atoms with Gasteiger partial charge in [-0.1, -0.05) is 18.2 Å². The summed E-state index contributed by atoms with van der Waals surface area (Å²) < 4.78 is 10.8. The maximum absolute atomic E-state index is 5.46. The van der Waals surface area contributed by atoms with Crippen molar-refractivity contribution < 1.29 is 9.47 Å². The molecule has 146 valence electrons. The SMILES string of the molecule is COc1cccc(-c2[nH]ncc2CNCc2cccnc2N2CCOCC2)c1. The second-order valence-electron chi connectivity index (χ2n) is 6.69. The van der Waals surface area contributed by atoms with Crippen molar-refractivity contribution in [3.8, 4) is 17.0 Å². The van der Waals surface area contributed by atoms with Crippen molar-refractivity contribution in [3.63, 3.8) is 0 Å². The number of aromatic amines is 1. The molecule has 28 heavy (non-hydrogen) atoms. The Morgan fingerprint density at radius 3 is 2.86 bits per heavy atom. The van der Waals surface area contributed by atoms with Gasteiger partial charge in [0, 0.05) is 49.1 Å². The van der Waals surface area contributed by atoms with Gasteiger partial charge in [0.2, 0.25) is 0 Å². The molecule has 0 atom stereocenters. The normalized spacial score (nSPS) is 14.2. The van der Waals surface area contributed by atoms with E-state index in [4.69, 9.17) is 9.47 Å². The summed E-state index contributed by atoms with van der Waals surface area (Å²) in [6, 6.07) is 12.1. The largest absolute Gasteiger partial charge is 0.497 e. The summed E-state index contributed by atoms with van der Waals surface area (Å²) in [6.07, 6.45) is 3.72. The van der Waals surface area contributed by atoms with Crippen LogP contribution in [-0.2, 0) is 17.8 Å². The lowest BCUT2D eigenvalue weighted by Gasteiger charge is -2.29. The van der Waals surface area contributed by atoms with Gasteiger partial charge in [-0.05, 0) is 18.2 Å². The van der Waals surface area contributed by atoms with Crippen molar-refractivity contribution in [3.05, 3.63) is 59.9 Å². The Hall–Kier alpha value is -2.90. The molecular formula is C21H25N5O2. The van der Waals surface area contributed by atoms with Crippen LogP contribution >= 0.6 is 0 Å². The Morgan fingerprint density at radius 2 is 2.00 bits per heavy atom. The van der Waals surface area contributed by atoms with E-state index in [-0.39, 0.29) is 0 Å². The maximum atomic E-state index is 5.46. The maximum Gasteiger partial charge on any atom is 0.133 e. The van der Waals surface area contributed by atoms with E-state index < -0.39 is 0 Å². The lowest BCUT2D eigenvalue weighted by molar-refractivity contribution is 0.122. The van der Waals surface area contributed by atoms with Crippen LogP contribution in [0.15, 0.2) is 48.8 Å². The molecule has 7 nitrogen and oxygen atoms in total. The molecule has 0 radical (unpaired) electrons. The molecule has 3 heterocycles. The van der Waals surface area contributed by atoms with Gasteiger partial charge in [0.05, 0.1) is 32.2 Å². The van der Waals surface area contributed by atoms with Crippen molar-refractivity contribution >= 4 is 5.82 Å². The number of aromatic nitrogens is 3. The summed E-state index contributed by atoms with van der Waals surface area (Å²) in [6.45, 7) is 4.71. The number of H-pyrrole nitrogens is 1. The molecule has 0 saturated carbocycles. The van der Waals surface area contributed by atoms with E-state index in [1.165, 1.54) is 5.56 Å². The van der Waals surface area contributed by atoms with Gasteiger partial charge in [0.25, 0.3) is 0 Å². The van der Waals surface area contributed by atoms with E-state index in [0.29, 0.717) is 6.54 Å². The van der Waals surface area contributed by atoms with Crippen molar-refractivity contribution in [2.75, 3.05) is 38.3 Å². The van der Waals surface area contributed by atoms with Gasteiger partial charge < -0.3 is 19.7 Å². The number of hydrogen-bond donors (Lipinski definition) is 2. The van der Waals surface area contributed by atoms with Crippen molar-refractivity contribution in [1.29, 1.82) is 0 Å². The minimum absolute atomic E-state index is 0.709. The van der Waals surface area contributed by atoms with Crippen LogP contribution in [0.2, 0.25) is 0 Å². The van der Waals surface area contributed by atoms with E-state index in [1.807, 2.05) is 36.7 Å². The monoisotopic (exact) mass is 379 g/mol. The molecule has 1 aliphatic heterocycles. The van der Waals surface area contributed by atoms with Crippen LogP contribution in [0.25, 0.3) is 11.3 Å². The van der Waals surface area contributed by atoms with E-state index in [0.717, 1.165) is 61.2 Å². The number of methoxy groups -OCH3 is 1. The zero-order valence-corrected chi connectivity index (χ0v) is 16.0. The van der Waals surface area contributed by atoms with Crippen LogP contribution in [-0.4, -0.2) is 48.6 Å². The fourth-order valence-corrected chi connectivity index (χ4v) is 3.43. The number of pyridine rings is 1. The van der Waals surface area contributed by atoms with E-state index in [9.17, 15) is 0 Å². The highest BCUT2D eigenvalue weighted by atomic mass is 16.5. The Balaban J connectivity index is 1.44. The lowest BCUT2D eigenvalue weighted by atomic mass is 10.1. The number of ether oxygens (including phenoxy) is 2. The van der Waals surface area contributed by atoms with Crippen LogP contribution < -0.4 is 15.0 Å². The molecular weight excluding hydrogens is 354 g/mol. The van der Waals surface area contributed by atoms with E-state index >= 15 is 0 Å². The first kappa shape index (κ1) is 18.5. The number of rotatable bonds is 7. The summed E-state index contributed by atoms with van der Waals surface area (Å²) in [4.78, 5) is 6.89. The number of nitrogens with zero attached hydrogens (tertiary/aromatic N) is 3. The molecule has 1 saturated heterocycles. The molecule has 1 aliphatic rings. The summed E-state index contributed by atoms with van der Waals surface area (Å²) in [5.74, 6) is 1.87. The topological polar surface area (TPSA) is 75.3 Å². The highest BCUT2D eigenvalue weighted by Crippen LogP contribution is 2.25.